The van der Waals surface area contributed by atoms with Crippen LogP contribution < -0.4 is 5.32 Å². The van der Waals surface area contributed by atoms with E-state index in [0.29, 0.717) is 23.8 Å². The smallest absolute Gasteiger partial charge is 0.270 e. The molecule has 1 aliphatic rings. The Kier molecular flexibility index (Phi) is 2.88. The lowest BCUT2D eigenvalue weighted by Crippen LogP contribution is -2.31. The van der Waals surface area contributed by atoms with Crippen LogP contribution in [0.5, 0.6) is 0 Å². The lowest BCUT2D eigenvalue weighted by Gasteiger charge is -2.11. The summed E-state index contributed by atoms with van der Waals surface area (Å²) in [4.78, 5) is 16.4. The zero-order valence-electron chi connectivity index (χ0n) is 12.1. The third-order valence-corrected chi connectivity index (χ3v) is 4.01. The highest BCUT2D eigenvalue weighted by Crippen LogP contribution is 2.19. The molecule has 8 heteroatoms. The number of aryl methyl sites for hydroxylation is 1. The highest BCUT2D eigenvalue weighted by atomic mass is 16.2. The fourth-order valence-corrected chi connectivity index (χ4v) is 2.88. The summed E-state index contributed by atoms with van der Waals surface area (Å²) in [5, 5.41) is 15.2. The van der Waals surface area contributed by atoms with Gasteiger partial charge in [-0.15, -0.1) is 10.2 Å². The first-order valence-electron chi connectivity index (χ1n) is 7.18. The minimum atomic E-state index is -0.143. The second-order valence-corrected chi connectivity index (χ2v) is 5.50. The fraction of sp³-hybridized carbons (Fsp3) is 0.357. The third kappa shape index (κ3) is 2.03. The number of carbonyl (C=O) groups excluding carboxylic acids is 1. The van der Waals surface area contributed by atoms with Crippen molar-refractivity contribution in [1.82, 2.24) is 34.7 Å². The molecule has 1 amide bonds. The van der Waals surface area contributed by atoms with Crippen LogP contribution in [-0.4, -0.2) is 41.8 Å². The van der Waals surface area contributed by atoms with Gasteiger partial charge in [-0.05, 0) is 19.1 Å². The molecule has 0 saturated heterocycles. The van der Waals surface area contributed by atoms with Crippen molar-refractivity contribution < 1.29 is 4.79 Å². The molecule has 1 aliphatic heterocycles. The number of fused-ring (bicyclic) bond motifs is 2. The van der Waals surface area contributed by atoms with Gasteiger partial charge in [0.05, 0.1) is 0 Å². The Morgan fingerprint density at radius 2 is 2.32 bits per heavy atom. The van der Waals surface area contributed by atoms with Gasteiger partial charge in [0, 0.05) is 25.4 Å². The average molecular weight is 297 g/mol. The van der Waals surface area contributed by atoms with Crippen LogP contribution in [0.25, 0.3) is 5.65 Å². The molecule has 4 heterocycles. The molecular formula is C14H15N7O. The molecule has 0 fully saturated rings. The maximum atomic E-state index is 12.4. The van der Waals surface area contributed by atoms with Crippen molar-refractivity contribution in [3.8, 4) is 0 Å². The van der Waals surface area contributed by atoms with Crippen LogP contribution in [-0.2, 0) is 13.0 Å². The zero-order valence-corrected chi connectivity index (χ0v) is 12.1. The number of hydrogen-bond donors (Lipinski definition) is 1. The number of nitrogens with zero attached hydrogens (tertiary/aromatic N) is 6. The fourth-order valence-electron chi connectivity index (χ4n) is 2.88. The summed E-state index contributed by atoms with van der Waals surface area (Å²) >= 11 is 0. The average Bonchev–Trinajstić information content (AvgIpc) is 3.21. The number of carbonyl (C=O) groups is 1. The number of hydrogen-bond acceptors (Lipinski definition) is 5. The van der Waals surface area contributed by atoms with E-state index in [1.54, 1.807) is 16.6 Å². The molecule has 22 heavy (non-hydrogen) atoms. The van der Waals surface area contributed by atoms with Crippen LogP contribution in [0, 0.1) is 12.8 Å². The summed E-state index contributed by atoms with van der Waals surface area (Å²) < 4.78 is 3.65. The van der Waals surface area contributed by atoms with Gasteiger partial charge in [0.15, 0.2) is 5.65 Å². The molecule has 1 N–H and O–H groups in total. The minimum Gasteiger partial charge on any atom is -0.350 e. The first-order valence-corrected chi connectivity index (χ1v) is 7.18. The summed E-state index contributed by atoms with van der Waals surface area (Å²) in [6.45, 7) is 3.40. The van der Waals surface area contributed by atoms with Gasteiger partial charge in [-0.3, -0.25) is 4.79 Å². The van der Waals surface area contributed by atoms with Gasteiger partial charge >= 0.3 is 0 Å². The Morgan fingerprint density at radius 1 is 1.41 bits per heavy atom. The summed E-state index contributed by atoms with van der Waals surface area (Å²) in [5.41, 5.74) is 1.15. The van der Waals surface area contributed by atoms with Gasteiger partial charge in [0.2, 0.25) is 0 Å². The highest BCUT2D eigenvalue weighted by molar-refractivity contribution is 5.93. The largest absolute Gasteiger partial charge is 0.350 e. The number of amides is 1. The van der Waals surface area contributed by atoms with Crippen molar-refractivity contribution in [3.05, 3.63) is 41.9 Å². The van der Waals surface area contributed by atoms with E-state index in [-0.39, 0.29) is 5.91 Å². The zero-order chi connectivity index (χ0) is 15.1. The van der Waals surface area contributed by atoms with Crippen LogP contribution >= 0.6 is 0 Å². The van der Waals surface area contributed by atoms with Crippen LogP contribution in [0.1, 0.15) is 22.1 Å². The monoisotopic (exact) mass is 297 g/mol. The molecule has 112 valence electrons. The Balaban J connectivity index is 1.44. The SMILES string of the molecule is Cc1nnc2n1CC(CNC(=O)c1cccc3ncnn13)C2. The molecule has 0 aliphatic carbocycles. The molecule has 1 unspecified atom stereocenters. The molecule has 4 rings (SSSR count). The Hall–Kier alpha value is -2.77. The second kappa shape index (κ2) is 4.90. The lowest BCUT2D eigenvalue weighted by molar-refractivity contribution is 0.0939. The van der Waals surface area contributed by atoms with Gasteiger partial charge in [0.25, 0.3) is 5.91 Å². The van der Waals surface area contributed by atoms with E-state index < -0.39 is 0 Å². The van der Waals surface area contributed by atoms with Crippen molar-refractivity contribution in [2.24, 2.45) is 5.92 Å². The molecule has 8 nitrogen and oxygen atoms in total. The molecule has 1 atom stereocenters. The molecule has 0 bridgehead atoms. The van der Waals surface area contributed by atoms with Crippen LogP contribution in [0.3, 0.4) is 0 Å². The van der Waals surface area contributed by atoms with Gasteiger partial charge in [0.1, 0.15) is 23.7 Å². The maximum Gasteiger partial charge on any atom is 0.270 e. The van der Waals surface area contributed by atoms with E-state index in [1.165, 1.54) is 6.33 Å². The normalized spacial score (nSPS) is 16.9. The Labute approximate surface area is 126 Å². The molecule has 0 saturated carbocycles. The summed E-state index contributed by atoms with van der Waals surface area (Å²) in [7, 11) is 0. The van der Waals surface area contributed by atoms with Gasteiger partial charge < -0.3 is 9.88 Å². The lowest BCUT2D eigenvalue weighted by atomic mass is 10.1. The molecule has 0 aromatic carbocycles. The van der Waals surface area contributed by atoms with E-state index in [9.17, 15) is 4.79 Å². The van der Waals surface area contributed by atoms with Gasteiger partial charge in [-0.2, -0.15) is 5.10 Å². The number of nitrogens with one attached hydrogen (secondary N) is 1. The maximum absolute atomic E-state index is 12.4. The highest BCUT2D eigenvalue weighted by Gasteiger charge is 2.25. The number of rotatable bonds is 3. The molecule has 3 aromatic rings. The molecule has 3 aromatic heterocycles. The summed E-state index contributed by atoms with van der Waals surface area (Å²) in [6, 6.07) is 5.36. The molecule has 0 radical (unpaired) electrons. The van der Waals surface area contributed by atoms with E-state index in [4.69, 9.17) is 0 Å². The van der Waals surface area contributed by atoms with Crippen LogP contribution in [0.15, 0.2) is 24.5 Å². The van der Waals surface area contributed by atoms with E-state index >= 15 is 0 Å². The van der Waals surface area contributed by atoms with E-state index in [2.05, 4.69) is 30.2 Å². The number of aromatic nitrogens is 6. The van der Waals surface area contributed by atoms with Crippen molar-refractivity contribution in [2.75, 3.05) is 6.54 Å². The summed E-state index contributed by atoms with van der Waals surface area (Å²) in [5.74, 6) is 2.13. The van der Waals surface area contributed by atoms with Crippen molar-refractivity contribution >= 4 is 11.6 Å². The van der Waals surface area contributed by atoms with Crippen molar-refractivity contribution in [2.45, 2.75) is 19.9 Å². The first-order chi connectivity index (χ1) is 10.7. The Bertz CT molecular complexity index is 850. The van der Waals surface area contributed by atoms with E-state index in [0.717, 1.165) is 24.6 Å². The quantitative estimate of drug-likeness (QED) is 0.747. The topological polar surface area (TPSA) is 90.0 Å². The molecule has 0 spiro atoms. The Morgan fingerprint density at radius 3 is 3.18 bits per heavy atom. The minimum absolute atomic E-state index is 0.143. The van der Waals surface area contributed by atoms with Gasteiger partial charge in [-0.25, -0.2) is 9.50 Å². The van der Waals surface area contributed by atoms with Crippen LogP contribution in [0.2, 0.25) is 0 Å². The summed E-state index contributed by atoms with van der Waals surface area (Å²) in [6.07, 6.45) is 2.28. The predicted octanol–water partition coefficient (Wildman–Crippen LogP) is 0.232. The van der Waals surface area contributed by atoms with Crippen molar-refractivity contribution in [1.29, 1.82) is 0 Å². The van der Waals surface area contributed by atoms with Crippen molar-refractivity contribution in [3.63, 3.8) is 0 Å². The number of pyridine rings is 1. The third-order valence-electron chi connectivity index (χ3n) is 4.01. The predicted molar refractivity (Wildman–Crippen MR) is 77.3 cm³/mol. The standard InChI is InChI=1S/C14H15N7O/c1-9-18-19-13-5-10(7-20(9)13)6-15-14(22)11-3-2-4-12-16-8-17-21(11)12/h2-4,8,10H,5-7H2,1H3,(H,15,22). The molecular weight excluding hydrogens is 282 g/mol. The first kappa shape index (κ1) is 12.9. The van der Waals surface area contributed by atoms with E-state index in [1.807, 2.05) is 13.0 Å². The van der Waals surface area contributed by atoms with Crippen LogP contribution in [0.4, 0.5) is 0 Å². The second-order valence-electron chi connectivity index (χ2n) is 5.50. The van der Waals surface area contributed by atoms with Gasteiger partial charge in [-0.1, -0.05) is 6.07 Å².